The van der Waals surface area contributed by atoms with Crippen LogP contribution < -0.4 is 0 Å². The molecule has 0 aliphatic rings. The number of benzene rings is 1. The summed E-state index contributed by atoms with van der Waals surface area (Å²) < 4.78 is 9.92. The molecule has 140 valence electrons. The lowest BCUT2D eigenvalue weighted by molar-refractivity contribution is -0.139. The third kappa shape index (κ3) is 6.43. The lowest BCUT2D eigenvalue weighted by Gasteiger charge is -2.09. The van der Waals surface area contributed by atoms with Gasteiger partial charge < -0.3 is 19.5 Å². The van der Waals surface area contributed by atoms with E-state index in [1.54, 1.807) is 63.2 Å². The molecule has 0 bridgehead atoms. The van der Waals surface area contributed by atoms with Crippen molar-refractivity contribution in [2.45, 2.75) is 13.8 Å². The van der Waals surface area contributed by atoms with Crippen molar-refractivity contribution in [3.8, 4) is 0 Å². The van der Waals surface area contributed by atoms with Gasteiger partial charge in [-0.05, 0) is 13.8 Å². The zero-order valence-corrected chi connectivity index (χ0v) is 15.4. The predicted octanol–water partition coefficient (Wildman–Crippen LogP) is 2.56. The highest BCUT2D eigenvalue weighted by Crippen LogP contribution is 2.16. The Hall–Kier alpha value is -3.09. The highest BCUT2D eigenvalue weighted by molar-refractivity contribution is 6.15. The minimum absolute atomic E-state index is 0.0143. The fourth-order valence-corrected chi connectivity index (χ4v) is 1.89. The molecule has 1 N–H and O–H groups in total. The number of carbonyl (C=O) groups is 2. The number of hydrogen-bond acceptors (Lipinski definition) is 7. The second-order valence-electron chi connectivity index (χ2n) is 5.31. The highest BCUT2D eigenvalue weighted by atomic mass is 16.5. The van der Waals surface area contributed by atoms with E-state index in [0.29, 0.717) is 5.56 Å². The maximum Gasteiger partial charge on any atom is 0.358 e. The molecule has 0 aromatic heterocycles. The molecule has 0 heterocycles. The first-order valence-corrected chi connectivity index (χ1v) is 8.15. The predicted molar refractivity (Wildman–Crippen MR) is 99.5 cm³/mol. The number of aliphatic hydroxyl groups is 1. The summed E-state index contributed by atoms with van der Waals surface area (Å²) in [6.45, 7) is 3.66. The maximum absolute atomic E-state index is 12.2. The molecule has 0 aliphatic heterocycles. The van der Waals surface area contributed by atoms with E-state index in [4.69, 9.17) is 9.47 Å². The number of ether oxygens (including phenoxy) is 2. The Morgan fingerprint density at radius 2 is 1.65 bits per heavy atom. The first kappa shape index (κ1) is 21.0. The van der Waals surface area contributed by atoms with E-state index in [9.17, 15) is 14.7 Å². The third-order valence-corrected chi connectivity index (χ3v) is 3.00. The molecule has 7 heteroatoms. The van der Waals surface area contributed by atoms with Gasteiger partial charge in [0.05, 0.1) is 13.2 Å². The second-order valence-corrected chi connectivity index (χ2v) is 5.31. The number of carbonyl (C=O) groups excluding carboxylic acids is 2. The van der Waals surface area contributed by atoms with E-state index in [1.807, 2.05) is 0 Å². The topological polar surface area (TPSA) is 88.4 Å². The van der Waals surface area contributed by atoms with E-state index in [2.05, 4.69) is 4.99 Å². The van der Waals surface area contributed by atoms with Crippen molar-refractivity contribution < 1.29 is 24.2 Å². The van der Waals surface area contributed by atoms with E-state index < -0.39 is 11.9 Å². The smallest absolute Gasteiger partial charge is 0.358 e. The lowest BCUT2D eigenvalue weighted by Crippen LogP contribution is -2.14. The summed E-state index contributed by atoms with van der Waals surface area (Å²) in [7, 11) is 3.44. The molecule has 7 nitrogen and oxygen atoms in total. The van der Waals surface area contributed by atoms with Crippen LogP contribution in [0.4, 0.5) is 0 Å². The van der Waals surface area contributed by atoms with Gasteiger partial charge in [-0.25, -0.2) is 14.6 Å². The standard InChI is InChI=1S/C19H24N2O5/c1-5-25-18(23)15(17(22)14-10-8-7-9-11-14)12-20-16(13-21(3)4)19(24)26-6-2/h7-13,22H,5-6H2,1-4H3/b16-13+,17-15+,20-12+. The van der Waals surface area contributed by atoms with Gasteiger partial charge in [-0.2, -0.15) is 0 Å². The van der Waals surface area contributed by atoms with Crippen LogP contribution in [0.15, 0.2) is 52.8 Å². The molecule has 26 heavy (non-hydrogen) atoms. The van der Waals surface area contributed by atoms with Crippen LogP contribution >= 0.6 is 0 Å². The molecule has 0 atom stereocenters. The summed E-state index contributed by atoms with van der Waals surface area (Å²) >= 11 is 0. The Balaban J connectivity index is 3.32. The monoisotopic (exact) mass is 360 g/mol. The zero-order chi connectivity index (χ0) is 19.5. The number of aliphatic imine (C=N–C) groups is 1. The molecule has 0 fully saturated rings. The number of nitrogens with zero attached hydrogens (tertiary/aromatic N) is 2. The lowest BCUT2D eigenvalue weighted by atomic mass is 10.1. The molecule has 0 saturated heterocycles. The van der Waals surface area contributed by atoms with Crippen molar-refractivity contribution >= 4 is 23.9 Å². The third-order valence-electron chi connectivity index (χ3n) is 3.00. The molecule has 0 aliphatic carbocycles. The van der Waals surface area contributed by atoms with Gasteiger partial charge in [0.25, 0.3) is 0 Å². The summed E-state index contributed by atoms with van der Waals surface area (Å²) in [5.41, 5.74) is 0.253. The Morgan fingerprint density at radius 1 is 1.08 bits per heavy atom. The molecule has 1 aromatic rings. The number of aliphatic hydroxyl groups excluding tert-OH is 1. The summed E-state index contributed by atoms with van der Waals surface area (Å²) in [5, 5.41) is 10.5. The number of esters is 2. The van der Waals surface area contributed by atoms with Gasteiger partial charge in [0, 0.05) is 32.1 Å². The van der Waals surface area contributed by atoms with Gasteiger partial charge in [-0.15, -0.1) is 0 Å². The van der Waals surface area contributed by atoms with Crippen LogP contribution in [0.1, 0.15) is 19.4 Å². The van der Waals surface area contributed by atoms with E-state index in [1.165, 1.54) is 6.20 Å². The Labute approximate surface area is 153 Å². The van der Waals surface area contributed by atoms with Crippen LogP contribution in [0.3, 0.4) is 0 Å². The quantitative estimate of drug-likeness (QED) is 0.332. The first-order valence-electron chi connectivity index (χ1n) is 8.15. The van der Waals surface area contributed by atoms with Crippen LogP contribution in [-0.2, 0) is 19.1 Å². The van der Waals surface area contributed by atoms with Crippen molar-refractivity contribution in [2.24, 2.45) is 4.99 Å². The highest BCUT2D eigenvalue weighted by Gasteiger charge is 2.17. The average molecular weight is 360 g/mol. The van der Waals surface area contributed by atoms with Gasteiger partial charge in [0.15, 0.2) is 5.70 Å². The van der Waals surface area contributed by atoms with Crippen molar-refractivity contribution in [1.29, 1.82) is 0 Å². The zero-order valence-electron chi connectivity index (χ0n) is 15.4. The van der Waals surface area contributed by atoms with Gasteiger partial charge in [0.1, 0.15) is 11.3 Å². The Morgan fingerprint density at radius 3 is 2.19 bits per heavy atom. The van der Waals surface area contributed by atoms with E-state index in [-0.39, 0.29) is 30.2 Å². The molecular formula is C19H24N2O5. The van der Waals surface area contributed by atoms with E-state index in [0.717, 1.165) is 6.21 Å². The summed E-state index contributed by atoms with van der Waals surface area (Å²) in [6.07, 6.45) is 2.56. The Bertz CT molecular complexity index is 706. The van der Waals surface area contributed by atoms with Crippen molar-refractivity contribution in [2.75, 3.05) is 27.3 Å². The maximum atomic E-state index is 12.2. The average Bonchev–Trinajstić information content (AvgIpc) is 2.61. The van der Waals surface area contributed by atoms with Crippen molar-refractivity contribution in [1.82, 2.24) is 4.90 Å². The summed E-state index contributed by atoms with van der Waals surface area (Å²) in [6, 6.07) is 8.52. The molecule has 0 saturated carbocycles. The van der Waals surface area contributed by atoms with Gasteiger partial charge in [-0.1, -0.05) is 30.3 Å². The van der Waals surface area contributed by atoms with Crippen LogP contribution in [0, 0.1) is 0 Å². The molecule has 0 radical (unpaired) electrons. The molecule has 0 amide bonds. The second kappa shape index (κ2) is 10.7. The van der Waals surface area contributed by atoms with Gasteiger partial charge >= 0.3 is 11.9 Å². The molecular weight excluding hydrogens is 336 g/mol. The van der Waals surface area contributed by atoms with Crippen LogP contribution in [0.25, 0.3) is 5.76 Å². The normalized spacial score (nSPS) is 12.5. The first-order chi connectivity index (χ1) is 12.4. The molecule has 1 rings (SSSR count). The van der Waals surface area contributed by atoms with E-state index >= 15 is 0 Å². The number of rotatable bonds is 8. The fraction of sp³-hybridized carbons (Fsp3) is 0.316. The van der Waals surface area contributed by atoms with Gasteiger partial charge in [0.2, 0.25) is 0 Å². The molecule has 1 aromatic carbocycles. The van der Waals surface area contributed by atoms with Crippen LogP contribution in [0.5, 0.6) is 0 Å². The molecule has 0 unspecified atom stereocenters. The summed E-state index contributed by atoms with van der Waals surface area (Å²) in [5.74, 6) is -1.67. The Kier molecular flexibility index (Phi) is 8.63. The van der Waals surface area contributed by atoms with Gasteiger partial charge in [-0.3, -0.25) is 0 Å². The van der Waals surface area contributed by atoms with Crippen LogP contribution in [0.2, 0.25) is 0 Å². The number of hydrogen-bond donors (Lipinski definition) is 1. The minimum Gasteiger partial charge on any atom is -0.506 e. The fourth-order valence-electron chi connectivity index (χ4n) is 1.89. The summed E-state index contributed by atoms with van der Waals surface area (Å²) in [4.78, 5) is 29.9. The molecule has 0 spiro atoms. The van der Waals surface area contributed by atoms with Crippen LogP contribution in [-0.4, -0.2) is 55.5 Å². The minimum atomic E-state index is -0.745. The largest absolute Gasteiger partial charge is 0.506 e. The SMILES string of the molecule is CCOC(=O)C(=C\N(C)C)/N=C/C(C(=O)OCC)=C(\O)c1ccccc1. The van der Waals surface area contributed by atoms with Crippen molar-refractivity contribution in [3.05, 3.63) is 53.4 Å². The van der Waals surface area contributed by atoms with Crippen molar-refractivity contribution in [3.63, 3.8) is 0 Å².